The predicted octanol–water partition coefficient (Wildman–Crippen LogP) is 2.47. The average molecular weight is 301 g/mol. The van der Waals surface area contributed by atoms with Gasteiger partial charge in [-0.25, -0.2) is 0 Å². The fourth-order valence-electron chi connectivity index (χ4n) is 3.25. The Kier molecular flexibility index (Phi) is 6.66. The van der Waals surface area contributed by atoms with Crippen LogP contribution in [0.3, 0.4) is 0 Å². The number of ether oxygens (including phenoxy) is 1. The molecule has 2 aliphatic rings. The van der Waals surface area contributed by atoms with E-state index in [1.54, 1.807) is 0 Å². The molecule has 2 heterocycles. The largest absolute Gasteiger partial charge is 0.381 e. The first-order chi connectivity index (χ1) is 9.61. The summed E-state index contributed by atoms with van der Waals surface area (Å²) in [5.74, 6) is 3.33. The van der Waals surface area contributed by atoms with E-state index in [0.29, 0.717) is 5.41 Å². The number of hydrogen-bond donors (Lipinski definition) is 1. The third-order valence-corrected chi connectivity index (χ3v) is 5.84. The molecule has 20 heavy (non-hydrogen) atoms. The summed E-state index contributed by atoms with van der Waals surface area (Å²) in [6.07, 6.45) is 2.43. The van der Waals surface area contributed by atoms with Crippen LogP contribution in [0, 0.1) is 11.3 Å². The Balaban J connectivity index is 1.91. The Labute approximate surface area is 129 Å². The van der Waals surface area contributed by atoms with Crippen molar-refractivity contribution < 1.29 is 4.74 Å². The van der Waals surface area contributed by atoms with Crippen LogP contribution in [0.15, 0.2) is 0 Å². The molecule has 2 rings (SSSR count). The smallest absolute Gasteiger partial charge is 0.0472 e. The molecule has 0 aromatic rings. The Morgan fingerprint density at radius 2 is 2.10 bits per heavy atom. The molecule has 0 aromatic heterocycles. The molecule has 3 nitrogen and oxygen atoms in total. The lowest BCUT2D eigenvalue weighted by atomic mass is 9.79. The van der Waals surface area contributed by atoms with Crippen molar-refractivity contribution in [3.8, 4) is 0 Å². The van der Waals surface area contributed by atoms with Gasteiger partial charge < -0.3 is 10.1 Å². The summed E-state index contributed by atoms with van der Waals surface area (Å²) in [6.45, 7) is 13.7. The number of thioether (sulfide) groups is 1. The molecule has 118 valence electrons. The molecule has 1 N–H and O–H groups in total. The third kappa shape index (κ3) is 4.90. The fraction of sp³-hybridized carbons (Fsp3) is 1.00. The van der Waals surface area contributed by atoms with Crippen molar-refractivity contribution in [3.63, 3.8) is 0 Å². The molecule has 0 radical (unpaired) electrons. The third-order valence-electron chi connectivity index (χ3n) is 4.65. The monoisotopic (exact) mass is 300 g/mol. The molecule has 0 amide bonds. The Bertz CT molecular complexity index is 280. The Morgan fingerprint density at radius 3 is 2.75 bits per heavy atom. The van der Waals surface area contributed by atoms with Crippen LogP contribution in [0.5, 0.6) is 0 Å². The molecule has 2 aliphatic heterocycles. The maximum absolute atomic E-state index is 5.62. The lowest BCUT2D eigenvalue weighted by molar-refractivity contribution is -0.00874. The van der Waals surface area contributed by atoms with Crippen molar-refractivity contribution in [1.29, 1.82) is 0 Å². The second kappa shape index (κ2) is 8.02. The van der Waals surface area contributed by atoms with Crippen molar-refractivity contribution in [2.45, 2.75) is 39.7 Å². The highest BCUT2D eigenvalue weighted by atomic mass is 32.2. The average Bonchev–Trinajstić information content (AvgIpc) is 2.42. The topological polar surface area (TPSA) is 24.5 Å². The van der Waals surface area contributed by atoms with Gasteiger partial charge in [-0.2, -0.15) is 11.8 Å². The quantitative estimate of drug-likeness (QED) is 0.814. The van der Waals surface area contributed by atoms with E-state index in [1.807, 2.05) is 0 Å². The van der Waals surface area contributed by atoms with Crippen LogP contribution >= 0.6 is 11.8 Å². The standard InChI is InChI=1S/C16H32N2OS/c1-14(2)10-17-12-16(4-7-19-8-5-16)13-18-6-9-20-11-15(18)3/h14-15,17H,4-13H2,1-3H3. The van der Waals surface area contributed by atoms with Gasteiger partial charge in [0.15, 0.2) is 0 Å². The summed E-state index contributed by atoms with van der Waals surface area (Å²) in [6, 6.07) is 0.735. The van der Waals surface area contributed by atoms with Crippen molar-refractivity contribution in [3.05, 3.63) is 0 Å². The normalized spacial score (nSPS) is 27.9. The van der Waals surface area contributed by atoms with Gasteiger partial charge in [-0.1, -0.05) is 13.8 Å². The number of nitrogens with zero attached hydrogens (tertiary/aromatic N) is 1. The molecule has 0 saturated carbocycles. The highest BCUT2D eigenvalue weighted by molar-refractivity contribution is 7.99. The molecule has 2 saturated heterocycles. The van der Waals surface area contributed by atoms with Gasteiger partial charge >= 0.3 is 0 Å². The van der Waals surface area contributed by atoms with Crippen LogP contribution in [-0.2, 0) is 4.74 Å². The summed E-state index contributed by atoms with van der Waals surface area (Å²) in [4.78, 5) is 2.72. The number of nitrogens with one attached hydrogen (secondary N) is 1. The van der Waals surface area contributed by atoms with Crippen LogP contribution in [0.4, 0.5) is 0 Å². The van der Waals surface area contributed by atoms with Crippen molar-refractivity contribution >= 4 is 11.8 Å². The van der Waals surface area contributed by atoms with Gasteiger partial charge in [-0.05, 0) is 37.6 Å². The van der Waals surface area contributed by atoms with E-state index in [0.717, 1.165) is 38.3 Å². The van der Waals surface area contributed by atoms with Gasteiger partial charge in [-0.15, -0.1) is 0 Å². The van der Waals surface area contributed by atoms with Gasteiger partial charge in [0.05, 0.1) is 0 Å². The van der Waals surface area contributed by atoms with E-state index in [-0.39, 0.29) is 0 Å². The minimum Gasteiger partial charge on any atom is -0.381 e. The van der Waals surface area contributed by atoms with Gasteiger partial charge in [0.25, 0.3) is 0 Å². The number of hydrogen-bond acceptors (Lipinski definition) is 4. The van der Waals surface area contributed by atoms with E-state index >= 15 is 0 Å². The maximum atomic E-state index is 5.62. The summed E-state index contributed by atoms with van der Waals surface area (Å²) < 4.78 is 5.62. The van der Waals surface area contributed by atoms with E-state index < -0.39 is 0 Å². The molecule has 1 unspecified atom stereocenters. The SMILES string of the molecule is CC(C)CNCC1(CN2CCSCC2C)CCOCC1. The van der Waals surface area contributed by atoms with Crippen LogP contribution in [0.2, 0.25) is 0 Å². The molecular formula is C16H32N2OS. The molecule has 0 aliphatic carbocycles. The molecule has 0 spiro atoms. The maximum Gasteiger partial charge on any atom is 0.0472 e. The summed E-state index contributed by atoms with van der Waals surface area (Å²) >= 11 is 2.11. The first-order valence-corrected chi connectivity index (χ1v) is 9.37. The summed E-state index contributed by atoms with van der Waals surface area (Å²) in [5.41, 5.74) is 0.434. The molecule has 1 atom stereocenters. The van der Waals surface area contributed by atoms with Gasteiger partial charge in [0, 0.05) is 50.4 Å². The highest BCUT2D eigenvalue weighted by Crippen LogP contribution is 2.32. The molecule has 4 heteroatoms. The minimum atomic E-state index is 0.434. The summed E-state index contributed by atoms with van der Waals surface area (Å²) in [7, 11) is 0. The Hall–Kier alpha value is 0.230. The van der Waals surface area contributed by atoms with E-state index in [1.165, 1.54) is 37.4 Å². The lowest BCUT2D eigenvalue weighted by Crippen LogP contribution is -2.52. The van der Waals surface area contributed by atoms with Crippen LogP contribution in [0.25, 0.3) is 0 Å². The highest BCUT2D eigenvalue weighted by Gasteiger charge is 2.35. The zero-order chi connectivity index (χ0) is 14.4. The minimum absolute atomic E-state index is 0.434. The lowest BCUT2D eigenvalue weighted by Gasteiger charge is -2.44. The van der Waals surface area contributed by atoms with Crippen LogP contribution in [-0.4, -0.2) is 61.8 Å². The first kappa shape index (κ1) is 16.6. The second-order valence-corrected chi connectivity index (χ2v) is 8.18. The first-order valence-electron chi connectivity index (χ1n) is 8.22. The van der Waals surface area contributed by atoms with Crippen molar-refractivity contribution in [2.75, 3.05) is 50.9 Å². The number of rotatable bonds is 6. The van der Waals surface area contributed by atoms with Crippen LogP contribution < -0.4 is 5.32 Å². The van der Waals surface area contributed by atoms with Crippen LogP contribution in [0.1, 0.15) is 33.6 Å². The van der Waals surface area contributed by atoms with Crippen molar-refractivity contribution in [1.82, 2.24) is 10.2 Å². The molecule has 0 aromatic carbocycles. The molecular weight excluding hydrogens is 268 g/mol. The van der Waals surface area contributed by atoms with Gasteiger partial charge in [0.1, 0.15) is 0 Å². The summed E-state index contributed by atoms with van der Waals surface area (Å²) in [5, 5.41) is 3.71. The Morgan fingerprint density at radius 1 is 1.35 bits per heavy atom. The zero-order valence-electron chi connectivity index (χ0n) is 13.5. The zero-order valence-corrected chi connectivity index (χ0v) is 14.3. The van der Waals surface area contributed by atoms with Crippen molar-refractivity contribution in [2.24, 2.45) is 11.3 Å². The van der Waals surface area contributed by atoms with Gasteiger partial charge in [-0.3, -0.25) is 4.90 Å². The van der Waals surface area contributed by atoms with Gasteiger partial charge in [0.2, 0.25) is 0 Å². The fourth-order valence-corrected chi connectivity index (χ4v) is 4.33. The van der Waals surface area contributed by atoms with E-state index in [9.17, 15) is 0 Å². The molecule has 0 bridgehead atoms. The predicted molar refractivity (Wildman–Crippen MR) is 88.6 cm³/mol. The molecule has 2 fully saturated rings. The second-order valence-electron chi connectivity index (χ2n) is 7.03. The van der Waals surface area contributed by atoms with E-state index in [4.69, 9.17) is 4.74 Å². The van der Waals surface area contributed by atoms with E-state index in [2.05, 4.69) is 42.7 Å².